The van der Waals surface area contributed by atoms with E-state index in [2.05, 4.69) is 15.6 Å². The summed E-state index contributed by atoms with van der Waals surface area (Å²) < 4.78 is 5.42. The van der Waals surface area contributed by atoms with E-state index in [9.17, 15) is 4.79 Å². The second kappa shape index (κ2) is 9.06. The van der Waals surface area contributed by atoms with Gasteiger partial charge in [0.1, 0.15) is 11.6 Å². The van der Waals surface area contributed by atoms with Crippen LogP contribution in [-0.2, 0) is 4.79 Å². The Morgan fingerprint density at radius 2 is 1.80 bits per heavy atom. The van der Waals surface area contributed by atoms with Crippen LogP contribution in [0.2, 0.25) is 0 Å². The van der Waals surface area contributed by atoms with Crippen molar-refractivity contribution in [1.82, 2.24) is 4.98 Å². The Morgan fingerprint density at radius 1 is 1.04 bits per heavy atom. The van der Waals surface area contributed by atoms with Gasteiger partial charge in [0.25, 0.3) is 5.91 Å². The molecule has 3 rings (SSSR count). The van der Waals surface area contributed by atoms with E-state index < -0.39 is 0 Å². The maximum absolute atomic E-state index is 11.9. The minimum absolute atomic E-state index is 0.0340. The number of anilines is 2. The highest BCUT2D eigenvalue weighted by molar-refractivity contribution is 5.91. The lowest BCUT2D eigenvalue weighted by molar-refractivity contribution is -0.118. The molecule has 1 aliphatic rings. The zero-order chi connectivity index (χ0) is 17.3. The highest BCUT2D eigenvalue weighted by Gasteiger charge is 2.12. The van der Waals surface area contributed by atoms with E-state index in [1.165, 1.54) is 38.5 Å². The molecule has 0 atom stereocenters. The van der Waals surface area contributed by atoms with Crippen LogP contribution in [0.1, 0.15) is 38.5 Å². The third-order valence-corrected chi connectivity index (χ3v) is 4.37. The Morgan fingerprint density at radius 3 is 2.48 bits per heavy atom. The number of ether oxygens (including phenoxy) is 1. The molecule has 132 valence electrons. The minimum Gasteiger partial charge on any atom is -0.484 e. The van der Waals surface area contributed by atoms with Gasteiger partial charge in [-0.3, -0.25) is 4.79 Å². The summed E-state index contributed by atoms with van der Waals surface area (Å²) in [5.41, 5.74) is 1.01. The van der Waals surface area contributed by atoms with E-state index in [1.807, 2.05) is 42.5 Å². The molecule has 0 saturated heterocycles. The predicted octanol–water partition coefficient (Wildman–Crippen LogP) is 4.23. The minimum atomic E-state index is -0.221. The molecule has 1 aromatic heterocycles. The molecular weight excluding hydrogens is 314 g/mol. The molecule has 0 unspecified atom stereocenters. The van der Waals surface area contributed by atoms with Crippen LogP contribution >= 0.6 is 0 Å². The normalized spacial score (nSPS) is 15.2. The Hall–Kier alpha value is -2.56. The first-order chi connectivity index (χ1) is 12.3. The Balaban J connectivity index is 1.46. The number of nitrogens with one attached hydrogen (secondary N) is 2. The van der Waals surface area contributed by atoms with Crippen LogP contribution in [0.4, 0.5) is 11.5 Å². The fourth-order valence-corrected chi connectivity index (χ4v) is 3.06. The molecule has 1 fully saturated rings. The summed E-state index contributed by atoms with van der Waals surface area (Å²) in [6.45, 7) is -0.0340. The quantitative estimate of drug-likeness (QED) is 0.773. The zero-order valence-corrected chi connectivity index (χ0v) is 14.4. The number of rotatable bonds is 6. The number of hydrogen-bond acceptors (Lipinski definition) is 4. The second-order valence-corrected chi connectivity index (χ2v) is 6.41. The average Bonchev–Trinajstić information content (AvgIpc) is 2.91. The average molecular weight is 339 g/mol. The summed E-state index contributed by atoms with van der Waals surface area (Å²) in [6.07, 6.45) is 9.48. The standard InChI is InChI=1S/C20H25N3O2/c24-20(15-25-18-10-6-3-7-11-18)23-19-13-12-17(14-21-19)22-16-8-4-1-2-5-9-16/h3,6-7,10-14,16,22H,1-2,4-5,8-9,15H2,(H,21,23,24). The van der Waals surface area contributed by atoms with Crippen molar-refractivity contribution in [2.45, 2.75) is 44.6 Å². The molecule has 1 aliphatic carbocycles. The van der Waals surface area contributed by atoms with Gasteiger partial charge in [-0.2, -0.15) is 0 Å². The molecular formula is C20H25N3O2. The van der Waals surface area contributed by atoms with Crippen molar-refractivity contribution in [1.29, 1.82) is 0 Å². The molecule has 0 spiro atoms. The van der Waals surface area contributed by atoms with Gasteiger partial charge in [-0.1, -0.05) is 43.9 Å². The van der Waals surface area contributed by atoms with E-state index in [4.69, 9.17) is 4.74 Å². The van der Waals surface area contributed by atoms with Crippen molar-refractivity contribution in [2.24, 2.45) is 0 Å². The molecule has 1 amide bonds. The lowest BCUT2D eigenvalue weighted by atomic mass is 10.1. The molecule has 1 saturated carbocycles. The lowest BCUT2D eigenvalue weighted by Gasteiger charge is -2.17. The van der Waals surface area contributed by atoms with E-state index in [-0.39, 0.29) is 12.5 Å². The Bertz CT molecular complexity index is 650. The topological polar surface area (TPSA) is 63.2 Å². The highest BCUT2D eigenvalue weighted by Crippen LogP contribution is 2.21. The van der Waals surface area contributed by atoms with E-state index in [0.717, 1.165) is 5.69 Å². The van der Waals surface area contributed by atoms with Crippen LogP contribution in [0.3, 0.4) is 0 Å². The first-order valence-electron chi connectivity index (χ1n) is 9.00. The van der Waals surface area contributed by atoms with Crippen molar-refractivity contribution in [3.05, 3.63) is 48.7 Å². The molecule has 0 aliphatic heterocycles. The Kier molecular flexibility index (Phi) is 6.26. The number of para-hydroxylation sites is 1. The summed E-state index contributed by atoms with van der Waals surface area (Å²) in [4.78, 5) is 16.2. The summed E-state index contributed by atoms with van der Waals surface area (Å²) in [5.74, 6) is 0.988. The van der Waals surface area contributed by atoms with Gasteiger partial charge in [-0.15, -0.1) is 0 Å². The van der Waals surface area contributed by atoms with Gasteiger partial charge in [0.2, 0.25) is 0 Å². The first kappa shape index (κ1) is 17.3. The number of pyridine rings is 1. The van der Waals surface area contributed by atoms with Gasteiger partial charge < -0.3 is 15.4 Å². The molecule has 5 nitrogen and oxygen atoms in total. The van der Waals surface area contributed by atoms with Crippen LogP contribution < -0.4 is 15.4 Å². The number of nitrogens with zero attached hydrogens (tertiary/aromatic N) is 1. The maximum atomic E-state index is 11.9. The SMILES string of the molecule is O=C(COc1ccccc1)Nc1ccc(NC2CCCCCC2)cn1. The molecule has 2 N–H and O–H groups in total. The van der Waals surface area contributed by atoms with Crippen LogP contribution in [-0.4, -0.2) is 23.5 Å². The number of carbonyl (C=O) groups is 1. The van der Waals surface area contributed by atoms with Gasteiger partial charge in [0.05, 0.1) is 11.9 Å². The number of amides is 1. The van der Waals surface area contributed by atoms with Gasteiger partial charge in [-0.05, 0) is 37.1 Å². The number of aromatic nitrogens is 1. The van der Waals surface area contributed by atoms with E-state index in [0.29, 0.717) is 17.6 Å². The summed E-state index contributed by atoms with van der Waals surface area (Å²) in [6, 6.07) is 13.6. The largest absolute Gasteiger partial charge is 0.484 e. The van der Waals surface area contributed by atoms with Gasteiger partial charge in [0, 0.05) is 6.04 Å². The van der Waals surface area contributed by atoms with Gasteiger partial charge >= 0.3 is 0 Å². The third kappa shape index (κ3) is 5.78. The summed E-state index contributed by atoms with van der Waals surface area (Å²) >= 11 is 0. The van der Waals surface area contributed by atoms with E-state index >= 15 is 0 Å². The molecule has 0 radical (unpaired) electrons. The fraction of sp³-hybridized carbons (Fsp3) is 0.400. The maximum Gasteiger partial charge on any atom is 0.263 e. The van der Waals surface area contributed by atoms with Crippen LogP contribution in [0.15, 0.2) is 48.7 Å². The number of carbonyl (C=O) groups excluding carboxylic acids is 1. The van der Waals surface area contributed by atoms with Gasteiger partial charge in [0.15, 0.2) is 6.61 Å². The molecule has 2 aromatic rings. The van der Waals surface area contributed by atoms with Crippen LogP contribution in [0, 0.1) is 0 Å². The van der Waals surface area contributed by atoms with Gasteiger partial charge in [-0.25, -0.2) is 4.98 Å². The molecule has 1 heterocycles. The van der Waals surface area contributed by atoms with E-state index in [1.54, 1.807) is 6.20 Å². The highest BCUT2D eigenvalue weighted by atomic mass is 16.5. The van der Waals surface area contributed by atoms with Crippen LogP contribution in [0.25, 0.3) is 0 Å². The first-order valence-corrected chi connectivity index (χ1v) is 9.00. The third-order valence-electron chi connectivity index (χ3n) is 4.37. The number of hydrogen-bond donors (Lipinski definition) is 2. The molecule has 0 bridgehead atoms. The monoisotopic (exact) mass is 339 g/mol. The van der Waals surface area contributed by atoms with Crippen molar-refractivity contribution >= 4 is 17.4 Å². The smallest absolute Gasteiger partial charge is 0.263 e. The predicted molar refractivity (Wildman–Crippen MR) is 99.9 cm³/mol. The molecule has 5 heteroatoms. The van der Waals surface area contributed by atoms with Crippen molar-refractivity contribution < 1.29 is 9.53 Å². The Labute approximate surface area is 148 Å². The number of benzene rings is 1. The fourth-order valence-electron chi connectivity index (χ4n) is 3.06. The zero-order valence-electron chi connectivity index (χ0n) is 14.4. The van der Waals surface area contributed by atoms with Crippen molar-refractivity contribution in [2.75, 3.05) is 17.2 Å². The van der Waals surface area contributed by atoms with Crippen molar-refractivity contribution in [3.8, 4) is 5.75 Å². The molecule has 25 heavy (non-hydrogen) atoms. The second-order valence-electron chi connectivity index (χ2n) is 6.41. The van der Waals surface area contributed by atoms with Crippen molar-refractivity contribution in [3.63, 3.8) is 0 Å². The van der Waals surface area contributed by atoms with Crippen LogP contribution in [0.5, 0.6) is 5.75 Å². The lowest BCUT2D eigenvalue weighted by Crippen LogP contribution is -2.21. The summed E-state index contributed by atoms with van der Waals surface area (Å²) in [5, 5.41) is 6.30. The summed E-state index contributed by atoms with van der Waals surface area (Å²) in [7, 11) is 0. The molecule has 1 aromatic carbocycles.